The van der Waals surface area contributed by atoms with Crippen molar-refractivity contribution >= 4 is 11.5 Å². The van der Waals surface area contributed by atoms with Crippen LogP contribution in [0.3, 0.4) is 0 Å². The summed E-state index contributed by atoms with van der Waals surface area (Å²) >= 11 is 0. The van der Waals surface area contributed by atoms with Crippen molar-refractivity contribution in [1.29, 1.82) is 0 Å². The first-order valence-electron chi connectivity index (χ1n) is 12.2. The first kappa shape index (κ1) is 22.2. The highest BCUT2D eigenvalue weighted by Gasteiger charge is 2.21. The Bertz CT molecular complexity index is 1250. The lowest BCUT2D eigenvalue weighted by atomic mass is 10.0. The van der Waals surface area contributed by atoms with Crippen LogP contribution in [0.1, 0.15) is 45.4 Å². The van der Waals surface area contributed by atoms with E-state index in [1.807, 2.05) is 53.2 Å². The SMILES string of the molecule is CCCCOc1cccc2c(-c3ccnc(NC4CCCC4)n3)c(-c3ccc(OC)cc3)nn12. The number of aromatic nitrogens is 4. The number of hydrogen-bond acceptors (Lipinski definition) is 6. The minimum absolute atomic E-state index is 0.443. The lowest BCUT2D eigenvalue weighted by Gasteiger charge is -2.12. The molecule has 0 saturated heterocycles. The lowest BCUT2D eigenvalue weighted by molar-refractivity contribution is 0.290. The van der Waals surface area contributed by atoms with Gasteiger partial charge in [0.25, 0.3) is 0 Å². The Kier molecular flexibility index (Phi) is 6.60. The minimum Gasteiger partial charge on any atom is -0.497 e. The average Bonchev–Trinajstić information content (AvgIpc) is 3.53. The molecule has 0 spiro atoms. The normalized spacial score (nSPS) is 13.9. The van der Waals surface area contributed by atoms with Crippen LogP contribution in [0.5, 0.6) is 11.6 Å². The Labute approximate surface area is 200 Å². The molecule has 0 unspecified atom stereocenters. The Hall–Kier alpha value is -3.61. The molecular weight excluding hydrogens is 426 g/mol. The van der Waals surface area contributed by atoms with Crippen LogP contribution in [0.4, 0.5) is 5.95 Å². The van der Waals surface area contributed by atoms with Crippen LogP contribution in [0, 0.1) is 0 Å². The van der Waals surface area contributed by atoms with Crippen molar-refractivity contribution < 1.29 is 9.47 Å². The van der Waals surface area contributed by atoms with E-state index in [0.717, 1.165) is 52.5 Å². The molecule has 4 aromatic rings. The molecule has 0 amide bonds. The van der Waals surface area contributed by atoms with Crippen molar-refractivity contribution in [1.82, 2.24) is 19.6 Å². The van der Waals surface area contributed by atoms with Crippen LogP contribution < -0.4 is 14.8 Å². The minimum atomic E-state index is 0.443. The highest BCUT2D eigenvalue weighted by Crippen LogP contribution is 2.36. The van der Waals surface area contributed by atoms with E-state index < -0.39 is 0 Å². The molecular formula is C27H31N5O2. The molecule has 1 N–H and O–H groups in total. The molecule has 5 rings (SSSR count). The van der Waals surface area contributed by atoms with Gasteiger partial charge in [0.2, 0.25) is 11.8 Å². The second kappa shape index (κ2) is 10.1. The third-order valence-electron chi connectivity index (χ3n) is 6.33. The number of hydrogen-bond donors (Lipinski definition) is 1. The first-order chi connectivity index (χ1) is 16.8. The van der Waals surface area contributed by atoms with Crippen LogP contribution >= 0.6 is 0 Å². The smallest absolute Gasteiger partial charge is 0.223 e. The van der Waals surface area contributed by atoms with Gasteiger partial charge in [0, 0.05) is 23.9 Å². The standard InChI is InChI=1S/C27H31N5O2/c1-3-4-18-34-24-11-7-10-23-25(22-16-17-28-27(30-22)29-20-8-5-6-9-20)26(31-32(23)24)19-12-14-21(33-2)15-13-19/h7,10-17,20H,3-6,8-9,18H2,1-2H3,(H,28,29,30). The summed E-state index contributed by atoms with van der Waals surface area (Å²) in [5.41, 5.74) is 4.58. The summed E-state index contributed by atoms with van der Waals surface area (Å²) in [6.07, 6.45) is 8.75. The molecule has 7 nitrogen and oxygen atoms in total. The molecule has 34 heavy (non-hydrogen) atoms. The number of pyridine rings is 1. The molecule has 1 fully saturated rings. The molecule has 1 aromatic carbocycles. The molecule has 176 valence electrons. The van der Waals surface area contributed by atoms with Gasteiger partial charge in [-0.15, -0.1) is 0 Å². The average molecular weight is 458 g/mol. The van der Waals surface area contributed by atoms with Crippen molar-refractivity contribution in [3.05, 3.63) is 54.7 Å². The van der Waals surface area contributed by atoms with Crippen LogP contribution in [-0.2, 0) is 0 Å². The monoisotopic (exact) mass is 457 g/mol. The Balaban J connectivity index is 1.62. The molecule has 0 bridgehead atoms. The van der Waals surface area contributed by atoms with Gasteiger partial charge in [0.1, 0.15) is 11.4 Å². The van der Waals surface area contributed by atoms with E-state index in [2.05, 4.69) is 23.3 Å². The summed E-state index contributed by atoms with van der Waals surface area (Å²) in [7, 11) is 1.67. The number of rotatable bonds is 9. The van der Waals surface area contributed by atoms with Gasteiger partial charge in [0.15, 0.2) is 0 Å². The van der Waals surface area contributed by atoms with E-state index in [-0.39, 0.29) is 0 Å². The van der Waals surface area contributed by atoms with Gasteiger partial charge in [-0.1, -0.05) is 32.3 Å². The van der Waals surface area contributed by atoms with Crippen LogP contribution in [0.2, 0.25) is 0 Å². The van der Waals surface area contributed by atoms with Crippen molar-refractivity contribution in [2.45, 2.75) is 51.5 Å². The molecule has 1 aliphatic rings. The lowest BCUT2D eigenvalue weighted by Crippen LogP contribution is -2.16. The number of methoxy groups -OCH3 is 1. The zero-order valence-corrected chi connectivity index (χ0v) is 19.8. The number of unbranched alkanes of at least 4 members (excludes halogenated alkanes) is 1. The topological polar surface area (TPSA) is 73.6 Å². The van der Waals surface area contributed by atoms with Gasteiger partial charge in [0.05, 0.1) is 30.5 Å². The predicted octanol–water partition coefficient (Wildman–Crippen LogP) is 6.00. The van der Waals surface area contributed by atoms with E-state index in [4.69, 9.17) is 19.6 Å². The van der Waals surface area contributed by atoms with Gasteiger partial charge in [-0.05, 0) is 55.7 Å². The van der Waals surface area contributed by atoms with E-state index >= 15 is 0 Å². The number of nitrogens with one attached hydrogen (secondary N) is 1. The third-order valence-corrected chi connectivity index (χ3v) is 6.33. The van der Waals surface area contributed by atoms with Crippen molar-refractivity contribution in [2.75, 3.05) is 19.0 Å². The molecule has 3 heterocycles. The second-order valence-electron chi connectivity index (χ2n) is 8.71. The summed E-state index contributed by atoms with van der Waals surface area (Å²) in [6.45, 7) is 2.82. The number of benzene rings is 1. The molecule has 3 aromatic heterocycles. The van der Waals surface area contributed by atoms with Crippen LogP contribution in [-0.4, -0.2) is 39.3 Å². The maximum atomic E-state index is 6.08. The third kappa shape index (κ3) is 4.55. The van der Waals surface area contributed by atoms with E-state index in [9.17, 15) is 0 Å². The fourth-order valence-corrected chi connectivity index (χ4v) is 4.50. The molecule has 1 saturated carbocycles. The van der Waals surface area contributed by atoms with Crippen molar-refractivity contribution in [2.24, 2.45) is 0 Å². The summed E-state index contributed by atoms with van der Waals surface area (Å²) in [5, 5.41) is 8.52. The zero-order valence-electron chi connectivity index (χ0n) is 19.8. The quantitative estimate of drug-likeness (QED) is 0.311. The van der Waals surface area contributed by atoms with Gasteiger partial charge >= 0.3 is 0 Å². The highest BCUT2D eigenvalue weighted by atomic mass is 16.5. The van der Waals surface area contributed by atoms with Gasteiger partial charge < -0.3 is 14.8 Å². The Morgan fingerprint density at radius 3 is 2.65 bits per heavy atom. The summed E-state index contributed by atoms with van der Waals surface area (Å²) in [4.78, 5) is 9.41. The molecule has 0 radical (unpaired) electrons. The van der Waals surface area contributed by atoms with Gasteiger partial charge in [-0.2, -0.15) is 9.61 Å². The summed E-state index contributed by atoms with van der Waals surface area (Å²) in [6, 6.07) is 16.4. The zero-order chi connectivity index (χ0) is 23.3. The van der Waals surface area contributed by atoms with E-state index in [0.29, 0.717) is 18.6 Å². The Morgan fingerprint density at radius 1 is 1.06 bits per heavy atom. The van der Waals surface area contributed by atoms with Gasteiger partial charge in [-0.25, -0.2) is 9.97 Å². The summed E-state index contributed by atoms with van der Waals surface area (Å²) < 4.78 is 13.3. The summed E-state index contributed by atoms with van der Waals surface area (Å²) in [5.74, 6) is 2.20. The van der Waals surface area contributed by atoms with Crippen molar-refractivity contribution in [3.8, 4) is 34.1 Å². The molecule has 0 atom stereocenters. The largest absolute Gasteiger partial charge is 0.497 e. The van der Waals surface area contributed by atoms with Crippen LogP contribution in [0.25, 0.3) is 28.0 Å². The van der Waals surface area contributed by atoms with E-state index in [1.54, 1.807) is 7.11 Å². The van der Waals surface area contributed by atoms with Gasteiger partial charge in [-0.3, -0.25) is 0 Å². The Morgan fingerprint density at radius 2 is 1.88 bits per heavy atom. The highest BCUT2D eigenvalue weighted by molar-refractivity contribution is 5.91. The molecule has 1 aliphatic carbocycles. The number of nitrogens with zero attached hydrogens (tertiary/aromatic N) is 4. The van der Waals surface area contributed by atoms with Crippen molar-refractivity contribution in [3.63, 3.8) is 0 Å². The fourth-order valence-electron chi connectivity index (χ4n) is 4.50. The van der Waals surface area contributed by atoms with Crippen LogP contribution in [0.15, 0.2) is 54.7 Å². The molecule has 0 aliphatic heterocycles. The molecule has 7 heteroatoms. The fraction of sp³-hybridized carbons (Fsp3) is 0.370. The predicted molar refractivity (Wildman–Crippen MR) is 134 cm³/mol. The second-order valence-corrected chi connectivity index (χ2v) is 8.71. The first-order valence-corrected chi connectivity index (χ1v) is 12.2. The number of ether oxygens (including phenoxy) is 2. The number of anilines is 1. The van der Waals surface area contributed by atoms with E-state index in [1.165, 1.54) is 25.7 Å². The maximum absolute atomic E-state index is 6.08. The number of fused-ring (bicyclic) bond motifs is 1. The maximum Gasteiger partial charge on any atom is 0.223 e.